The fourth-order valence-corrected chi connectivity index (χ4v) is 2.66. The number of fused-ring (bicyclic) bond motifs is 1. The number of rotatable bonds is 1. The maximum atomic E-state index is 12.4. The Bertz CT molecular complexity index is 365. The zero-order valence-electron chi connectivity index (χ0n) is 9.88. The molecule has 1 unspecified atom stereocenters. The second kappa shape index (κ2) is 4.89. The zero-order valence-corrected chi connectivity index (χ0v) is 9.88. The summed E-state index contributed by atoms with van der Waals surface area (Å²) in [5, 5.41) is 19.6. The molecule has 9 heteroatoms. The summed E-state index contributed by atoms with van der Waals surface area (Å²) in [6.07, 6.45) is -9.32. The van der Waals surface area contributed by atoms with Crippen LogP contribution in [0.2, 0.25) is 0 Å². The van der Waals surface area contributed by atoms with Gasteiger partial charge in [-0.25, -0.2) is 0 Å². The molecule has 19 heavy (non-hydrogen) atoms. The molecule has 2 saturated heterocycles. The Labute approximate surface area is 106 Å². The molecular weight excluding hydrogens is 269 g/mol. The van der Waals surface area contributed by atoms with Crippen molar-refractivity contribution in [2.75, 3.05) is 13.1 Å². The van der Waals surface area contributed by atoms with Gasteiger partial charge in [0.2, 0.25) is 0 Å². The van der Waals surface area contributed by atoms with Gasteiger partial charge in [0.15, 0.2) is 0 Å². The topological polar surface area (TPSA) is 96.0 Å². The summed E-state index contributed by atoms with van der Waals surface area (Å²) in [4.78, 5) is 11.8. The minimum absolute atomic E-state index is 0.0608. The van der Waals surface area contributed by atoms with Crippen LogP contribution >= 0.6 is 0 Å². The molecule has 2 aliphatic rings. The van der Waals surface area contributed by atoms with Gasteiger partial charge in [0, 0.05) is 13.1 Å². The summed E-state index contributed by atoms with van der Waals surface area (Å²) in [6, 6.07) is -1.19. The fourth-order valence-electron chi connectivity index (χ4n) is 2.66. The van der Waals surface area contributed by atoms with Gasteiger partial charge in [0.1, 0.15) is 12.2 Å². The normalized spacial score (nSPS) is 39.3. The molecule has 0 aromatic carbocycles. The molecule has 0 radical (unpaired) electrons. The van der Waals surface area contributed by atoms with Crippen LogP contribution in [-0.4, -0.2) is 70.7 Å². The number of halogens is 3. The summed E-state index contributed by atoms with van der Waals surface area (Å²) < 4.78 is 42.6. The Kier molecular flexibility index (Phi) is 3.74. The molecule has 0 aromatic rings. The van der Waals surface area contributed by atoms with Gasteiger partial charge in [-0.3, -0.25) is 4.79 Å². The maximum absolute atomic E-state index is 12.4. The number of aliphatic hydroxyl groups excluding tert-OH is 2. The number of alkyl halides is 3. The highest BCUT2D eigenvalue weighted by Gasteiger charge is 2.55. The first-order valence-corrected chi connectivity index (χ1v) is 5.86. The van der Waals surface area contributed by atoms with E-state index in [0.29, 0.717) is 4.90 Å². The van der Waals surface area contributed by atoms with Gasteiger partial charge >= 0.3 is 12.1 Å². The second-order valence-electron chi connectivity index (χ2n) is 4.71. The molecule has 0 aliphatic carbocycles. The lowest BCUT2D eigenvalue weighted by molar-refractivity contribution is -0.207. The fraction of sp³-hybridized carbons (Fsp3) is 0.900. The Morgan fingerprint density at radius 1 is 1.37 bits per heavy atom. The minimum Gasteiger partial charge on any atom is -0.388 e. The number of hydrogen-bond donors (Lipinski definition) is 3. The molecule has 4 N–H and O–H groups in total. The molecule has 0 spiro atoms. The molecule has 1 amide bonds. The van der Waals surface area contributed by atoms with Crippen molar-refractivity contribution in [3.8, 4) is 0 Å². The SMILES string of the molecule is NC[C@H]1O[C@@H]2CCN(C(=O)C(F)(F)F)C2[C@@H](O)[C@H]1O. The molecule has 110 valence electrons. The van der Waals surface area contributed by atoms with Crippen LogP contribution in [0.4, 0.5) is 13.2 Å². The minimum atomic E-state index is -5.01. The molecule has 6 nitrogen and oxygen atoms in total. The van der Waals surface area contributed by atoms with Crippen molar-refractivity contribution in [3.05, 3.63) is 0 Å². The Morgan fingerprint density at radius 3 is 2.53 bits per heavy atom. The number of hydrogen-bond acceptors (Lipinski definition) is 5. The third-order valence-electron chi connectivity index (χ3n) is 3.56. The van der Waals surface area contributed by atoms with E-state index in [4.69, 9.17) is 10.5 Å². The first kappa shape index (κ1) is 14.5. The van der Waals surface area contributed by atoms with Crippen LogP contribution in [0.5, 0.6) is 0 Å². The number of amides is 1. The monoisotopic (exact) mass is 284 g/mol. The van der Waals surface area contributed by atoms with Gasteiger partial charge in [-0.05, 0) is 6.42 Å². The van der Waals surface area contributed by atoms with Crippen molar-refractivity contribution in [1.82, 2.24) is 4.90 Å². The van der Waals surface area contributed by atoms with E-state index in [1.165, 1.54) is 0 Å². The average molecular weight is 284 g/mol. The lowest BCUT2D eigenvalue weighted by Gasteiger charge is -2.42. The first-order chi connectivity index (χ1) is 8.77. The lowest BCUT2D eigenvalue weighted by Crippen LogP contribution is -2.63. The Morgan fingerprint density at radius 2 is 2.00 bits per heavy atom. The molecule has 2 fully saturated rings. The number of nitrogens with zero attached hydrogens (tertiary/aromatic N) is 1. The third kappa shape index (κ3) is 2.42. The number of carbonyl (C=O) groups excluding carboxylic acids is 1. The van der Waals surface area contributed by atoms with E-state index in [0.717, 1.165) is 0 Å². The standard InChI is InChI=1S/C10H15F3N2O4/c11-10(12,13)9(18)15-2-1-4-6(15)8(17)7(16)5(3-14)19-4/h4-8,16-17H,1-3,14H2/t4-,5-,6?,7+,8-/m1/s1. The van der Waals surface area contributed by atoms with E-state index in [-0.39, 0.29) is 19.5 Å². The number of nitrogens with two attached hydrogens (primary N) is 1. The van der Waals surface area contributed by atoms with Gasteiger partial charge in [-0.2, -0.15) is 13.2 Å². The molecule has 2 rings (SSSR count). The van der Waals surface area contributed by atoms with Crippen LogP contribution in [-0.2, 0) is 9.53 Å². The van der Waals surface area contributed by atoms with Crippen LogP contribution < -0.4 is 5.73 Å². The lowest BCUT2D eigenvalue weighted by atomic mass is 9.93. The third-order valence-corrected chi connectivity index (χ3v) is 3.56. The predicted octanol–water partition coefficient (Wildman–Crippen LogP) is -1.40. The quantitative estimate of drug-likeness (QED) is 0.550. The number of carbonyl (C=O) groups is 1. The molecule has 0 bridgehead atoms. The van der Waals surface area contributed by atoms with E-state index < -0.39 is 42.5 Å². The van der Waals surface area contributed by atoms with Gasteiger partial charge in [0.05, 0.1) is 18.2 Å². The average Bonchev–Trinajstić information content (AvgIpc) is 2.75. The van der Waals surface area contributed by atoms with E-state index in [2.05, 4.69) is 0 Å². The largest absolute Gasteiger partial charge is 0.471 e. The molecular formula is C10H15F3N2O4. The molecule has 0 saturated carbocycles. The first-order valence-electron chi connectivity index (χ1n) is 5.86. The Balaban J connectivity index is 2.19. The number of likely N-dealkylation sites (tertiary alicyclic amines) is 1. The van der Waals surface area contributed by atoms with Crippen molar-refractivity contribution in [2.24, 2.45) is 5.73 Å². The van der Waals surface area contributed by atoms with E-state index >= 15 is 0 Å². The van der Waals surface area contributed by atoms with Crippen molar-refractivity contribution >= 4 is 5.91 Å². The molecule has 5 atom stereocenters. The maximum Gasteiger partial charge on any atom is 0.471 e. The van der Waals surface area contributed by atoms with Crippen LogP contribution in [0.25, 0.3) is 0 Å². The smallest absolute Gasteiger partial charge is 0.388 e. The van der Waals surface area contributed by atoms with Crippen molar-refractivity contribution in [2.45, 2.75) is 43.1 Å². The Hall–Kier alpha value is -0.900. The number of aliphatic hydroxyl groups is 2. The highest BCUT2D eigenvalue weighted by Crippen LogP contribution is 2.34. The molecule has 2 heterocycles. The van der Waals surface area contributed by atoms with Gasteiger partial charge in [0.25, 0.3) is 0 Å². The van der Waals surface area contributed by atoms with Gasteiger partial charge in [-0.1, -0.05) is 0 Å². The van der Waals surface area contributed by atoms with Crippen LogP contribution in [0.3, 0.4) is 0 Å². The van der Waals surface area contributed by atoms with Gasteiger partial charge < -0.3 is 25.6 Å². The van der Waals surface area contributed by atoms with Crippen LogP contribution in [0.15, 0.2) is 0 Å². The second-order valence-corrected chi connectivity index (χ2v) is 4.71. The molecule has 2 aliphatic heterocycles. The van der Waals surface area contributed by atoms with E-state index in [9.17, 15) is 28.2 Å². The summed E-state index contributed by atoms with van der Waals surface area (Å²) in [5.41, 5.74) is 5.35. The summed E-state index contributed by atoms with van der Waals surface area (Å²) in [7, 11) is 0. The van der Waals surface area contributed by atoms with Crippen molar-refractivity contribution in [1.29, 1.82) is 0 Å². The van der Waals surface area contributed by atoms with Crippen LogP contribution in [0.1, 0.15) is 6.42 Å². The van der Waals surface area contributed by atoms with E-state index in [1.807, 2.05) is 0 Å². The highest BCUT2D eigenvalue weighted by atomic mass is 19.4. The summed E-state index contributed by atoms with van der Waals surface area (Å²) >= 11 is 0. The summed E-state index contributed by atoms with van der Waals surface area (Å²) in [6.45, 7) is -0.233. The predicted molar refractivity (Wildman–Crippen MR) is 55.9 cm³/mol. The summed E-state index contributed by atoms with van der Waals surface area (Å²) in [5.74, 6) is -2.03. The van der Waals surface area contributed by atoms with Crippen LogP contribution in [0, 0.1) is 0 Å². The number of ether oxygens (including phenoxy) is 1. The highest BCUT2D eigenvalue weighted by molar-refractivity contribution is 5.82. The van der Waals surface area contributed by atoms with Gasteiger partial charge in [-0.15, -0.1) is 0 Å². The van der Waals surface area contributed by atoms with Crippen molar-refractivity contribution in [3.63, 3.8) is 0 Å². The van der Waals surface area contributed by atoms with Crippen molar-refractivity contribution < 1.29 is 32.9 Å². The molecule has 0 aromatic heterocycles. The van der Waals surface area contributed by atoms with E-state index in [1.54, 1.807) is 0 Å². The zero-order chi connectivity index (χ0) is 14.4.